The first-order valence-corrected chi connectivity index (χ1v) is 7.44. The highest BCUT2D eigenvalue weighted by Crippen LogP contribution is 2.32. The van der Waals surface area contributed by atoms with E-state index in [9.17, 15) is 9.59 Å². The van der Waals surface area contributed by atoms with Gasteiger partial charge in [0.05, 0.1) is 12.6 Å². The number of hydrogen-bond donors (Lipinski definition) is 2. The average Bonchev–Trinajstić information content (AvgIpc) is 3.20. The Morgan fingerprint density at radius 3 is 2.71 bits per heavy atom. The van der Waals surface area contributed by atoms with Crippen LogP contribution in [0.15, 0.2) is 16.5 Å². The van der Waals surface area contributed by atoms with Gasteiger partial charge in [-0.3, -0.25) is 4.79 Å². The summed E-state index contributed by atoms with van der Waals surface area (Å²) in [6.07, 6.45) is 2.44. The standard InChI is InChI=1S/C15H22N2O4/c1-3-11-7-8-13(21-11)14(18)16-9-12(10-5-6-10)17-15(19)20-4-2/h7-8,10,12H,3-6,9H2,1-2H3,(H,16,18)(H,17,19). The topological polar surface area (TPSA) is 80.6 Å². The van der Waals surface area contributed by atoms with Crippen LogP contribution in [0.25, 0.3) is 0 Å². The van der Waals surface area contributed by atoms with Crippen molar-refractivity contribution in [2.45, 2.75) is 39.2 Å². The van der Waals surface area contributed by atoms with Gasteiger partial charge >= 0.3 is 6.09 Å². The molecule has 1 aliphatic rings. The quantitative estimate of drug-likeness (QED) is 0.807. The molecule has 1 fully saturated rings. The molecule has 0 radical (unpaired) electrons. The van der Waals surface area contributed by atoms with Gasteiger partial charge in [0.2, 0.25) is 0 Å². The van der Waals surface area contributed by atoms with Crippen LogP contribution in [0.4, 0.5) is 4.79 Å². The van der Waals surface area contributed by atoms with Crippen molar-refractivity contribution < 1.29 is 18.7 Å². The summed E-state index contributed by atoms with van der Waals surface area (Å²) in [6, 6.07) is 3.37. The molecule has 2 amide bonds. The van der Waals surface area contributed by atoms with Gasteiger partial charge in [-0.2, -0.15) is 0 Å². The van der Waals surface area contributed by atoms with Crippen LogP contribution in [0.5, 0.6) is 0 Å². The fourth-order valence-corrected chi connectivity index (χ4v) is 2.14. The molecule has 0 bridgehead atoms. The minimum Gasteiger partial charge on any atom is -0.456 e. The summed E-state index contributed by atoms with van der Waals surface area (Å²) in [7, 11) is 0. The van der Waals surface area contributed by atoms with Gasteiger partial charge in [-0.1, -0.05) is 6.92 Å². The zero-order valence-electron chi connectivity index (χ0n) is 12.5. The van der Waals surface area contributed by atoms with E-state index in [1.54, 1.807) is 19.1 Å². The second-order valence-corrected chi connectivity index (χ2v) is 5.14. The molecule has 1 aromatic heterocycles. The Kier molecular flexibility index (Phi) is 5.25. The lowest BCUT2D eigenvalue weighted by molar-refractivity contribution is 0.0915. The zero-order chi connectivity index (χ0) is 15.2. The van der Waals surface area contributed by atoms with Crippen LogP contribution in [0, 0.1) is 5.92 Å². The number of alkyl carbamates (subject to hydrolysis) is 1. The van der Waals surface area contributed by atoms with Crippen LogP contribution in [0.2, 0.25) is 0 Å². The van der Waals surface area contributed by atoms with Crippen molar-refractivity contribution >= 4 is 12.0 Å². The van der Waals surface area contributed by atoms with E-state index >= 15 is 0 Å². The highest BCUT2D eigenvalue weighted by molar-refractivity contribution is 5.91. The van der Waals surface area contributed by atoms with Gasteiger partial charge < -0.3 is 19.8 Å². The second kappa shape index (κ2) is 7.15. The van der Waals surface area contributed by atoms with Gasteiger partial charge in [0, 0.05) is 13.0 Å². The molecule has 0 aromatic carbocycles. The van der Waals surface area contributed by atoms with E-state index in [1.165, 1.54) is 0 Å². The summed E-state index contributed by atoms with van der Waals surface area (Å²) < 4.78 is 10.3. The van der Waals surface area contributed by atoms with Crippen molar-refractivity contribution in [1.29, 1.82) is 0 Å². The van der Waals surface area contributed by atoms with Gasteiger partial charge in [-0.15, -0.1) is 0 Å². The molecule has 1 aliphatic carbocycles. The van der Waals surface area contributed by atoms with Crippen LogP contribution in [0.3, 0.4) is 0 Å². The number of nitrogens with one attached hydrogen (secondary N) is 2. The maximum Gasteiger partial charge on any atom is 0.407 e. The largest absolute Gasteiger partial charge is 0.456 e. The fourth-order valence-electron chi connectivity index (χ4n) is 2.14. The van der Waals surface area contributed by atoms with Gasteiger partial charge in [0.15, 0.2) is 5.76 Å². The maximum atomic E-state index is 12.0. The highest BCUT2D eigenvalue weighted by Gasteiger charge is 2.33. The SMILES string of the molecule is CCOC(=O)NC(CNC(=O)c1ccc(CC)o1)C1CC1. The highest BCUT2D eigenvalue weighted by atomic mass is 16.5. The zero-order valence-corrected chi connectivity index (χ0v) is 12.5. The lowest BCUT2D eigenvalue weighted by Gasteiger charge is -2.18. The molecule has 2 N–H and O–H groups in total. The number of rotatable bonds is 7. The predicted molar refractivity (Wildman–Crippen MR) is 77.1 cm³/mol. The minimum atomic E-state index is -0.435. The van der Waals surface area contributed by atoms with Crippen molar-refractivity contribution in [3.63, 3.8) is 0 Å². The number of furan rings is 1. The van der Waals surface area contributed by atoms with E-state index in [2.05, 4.69) is 10.6 Å². The molecule has 116 valence electrons. The van der Waals surface area contributed by atoms with Crippen molar-refractivity contribution in [1.82, 2.24) is 10.6 Å². The Bertz CT molecular complexity index is 494. The number of ether oxygens (including phenoxy) is 1. The van der Waals surface area contributed by atoms with Crippen LogP contribution < -0.4 is 10.6 Å². The molecule has 21 heavy (non-hydrogen) atoms. The predicted octanol–water partition coefficient (Wildman–Crippen LogP) is 2.10. The summed E-state index contributed by atoms with van der Waals surface area (Å²) >= 11 is 0. The number of aryl methyl sites for hydroxylation is 1. The molecule has 1 heterocycles. The molecule has 1 atom stereocenters. The molecule has 0 spiro atoms. The van der Waals surface area contributed by atoms with Gasteiger partial charge in [-0.25, -0.2) is 4.79 Å². The van der Waals surface area contributed by atoms with Crippen LogP contribution in [-0.2, 0) is 11.2 Å². The number of amides is 2. The van der Waals surface area contributed by atoms with E-state index in [1.807, 2.05) is 6.92 Å². The van der Waals surface area contributed by atoms with Crippen LogP contribution in [-0.4, -0.2) is 31.2 Å². The summed E-state index contributed by atoms with van der Waals surface area (Å²) in [5.74, 6) is 1.24. The molecule has 0 aliphatic heterocycles. The summed E-state index contributed by atoms with van der Waals surface area (Å²) in [5.41, 5.74) is 0. The van der Waals surface area contributed by atoms with Crippen LogP contribution >= 0.6 is 0 Å². The first kappa shape index (κ1) is 15.4. The van der Waals surface area contributed by atoms with E-state index < -0.39 is 6.09 Å². The molecule has 1 saturated carbocycles. The molecule has 1 unspecified atom stereocenters. The third-order valence-electron chi connectivity index (χ3n) is 3.49. The molecule has 0 saturated heterocycles. The Hall–Kier alpha value is -1.98. The van der Waals surface area contributed by atoms with Gasteiger partial charge in [0.25, 0.3) is 5.91 Å². The Morgan fingerprint density at radius 2 is 2.14 bits per heavy atom. The molecule has 6 nitrogen and oxygen atoms in total. The van der Waals surface area contributed by atoms with Crippen molar-refractivity contribution in [2.24, 2.45) is 5.92 Å². The van der Waals surface area contributed by atoms with Crippen molar-refractivity contribution in [2.75, 3.05) is 13.2 Å². The number of carbonyl (C=O) groups excluding carboxylic acids is 2. The minimum absolute atomic E-state index is 0.0893. The first-order valence-electron chi connectivity index (χ1n) is 7.44. The normalized spacial score (nSPS) is 15.3. The summed E-state index contributed by atoms with van der Waals surface area (Å²) in [5, 5.41) is 5.60. The van der Waals surface area contributed by atoms with Gasteiger partial charge in [-0.05, 0) is 37.8 Å². The Balaban J connectivity index is 1.83. The number of hydrogen-bond acceptors (Lipinski definition) is 4. The van der Waals surface area contributed by atoms with E-state index in [-0.39, 0.29) is 11.9 Å². The molecule has 6 heteroatoms. The lowest BCUT2D eigenvalue weighted by atomic mass is 10.2. The van der Waals surface area contributed by atoms with Crippen LogP contribution in [0.1, 0.15) is 43.0 Å². The van der Waals surface area contributed by atoms with E-state index in [4.69, 9.17) is 9.15 Å². The van der Waals surface area contributed by atoms with Crippen molar-refractivity contribution in [3.8, 4) is 0 Å². The monoisotopic (exact) mass is 294 g/mol. The van der Waals surface area contributed by atoms with E-state index in [0.717, 1.165) is 25.0 Å². The Labute approximate surface area is 124 Å². The molecular formula is C15H22N2O4. The average molecular weight is 294 g/mol. The third-order valence-corrected chi connectivity index (χ3v) is 3.49. The second-order valence-electron chi connectivity index (χ2n) is 5.14. The molecule has 1 aromatic rings. The summed E-state index contributed by atoms with van der Waals surface area (Å²) in [4.78, 5) is 23.5. The van der Waals surface area contributed by atoms with Gasteiger partial charge in [0.1, 0.15) is 5.76 Å². The lowest BCUT2D eigenvalue weighted by Crippen LogP contribution is -2.45. The fraction of sp³-hybridized carbons (Fsp3) is 0.600. The molecule has 2 rings (SSSR count). The molecular weight excluding hydrogens is 272 g/mol. The maximum absolute atomic E-state index is 12.0. The number of carbonyl (C=O) groups is 2. The first-order chi connectivity index (χ1) is 10.1. The smallest absolute Gasteiger partial charge is 0.407 e. The third kappa shape index (κ3) is 4.51. The Morgan fingerprint density at radius 1 is 1.38 bits per heavy atom. The van der Waals surface area contributed by atoms with E-state index in [0.29, 0.717) is 24.8 Å². The van der Waals surface area contributed by atoms with Crippen molar-refractivity contribution in [3.05, 3.63) is 23.7 Å². The summed E-state index contributed by atoms with van der Waals surface area (Å²) in [6.45, 7) is 4.44.